The van der Waals surface area contributed by atoms with E-state index in [9.17, 15) is 19.5 Å². The highest BCUT2D eigenvalue weighted by Crippen LogP contribution is 2.35. The van der Waals surface area contributed by atoms with E-state index in [1.54, 1.807) is 34.4 Å². The second kappa shape index (κ2) is 13.0. The number of amides is 3. The maximum absolute atomic E-state index is 14.0. The third-order valence-corrected chi connectivity index (χ3v) is 9.85. The van der Waals surface area contributed by atoms with E-state index < -0.39 is 12.1 Å². The Hall–Kier alpha value is -3.60. The number of hydrogen-bond donors (Lipinski definition) is 3. The zero-order chi connectivity index (χ0) is 29.9. The van der Waals surface area contributed by atoms with E-state index in [4.69, 9.17) is 0 Å². The van der Waals surface area contributed by atoms with Crippen LogP contribution in [0.25, 0.3) is 0 Å². The van der Waals surface area contributed by atoms with Crippen LogP contribution in [-0.4, -0.2) is 70.5 Å². The number of benzene rings is 2. The van der Waals surface area contributed by atoms with Crippen LogP contribution >= 0.6 is 11.3 Å². The SMILES string of the molecule is Cc1csc(C2CCCN2C(=O)c2cc(C(=O)N[C@@H](Cc3ccccc3)[C@H](O)C3CCCN3)cc(N3CCCC3=O)c2)n1. The molecule has 0 bridgehead atoms. The van der Waals surface area contributed by atoms with Gasteiger partial charge in [-0.05, 0) is 75.8 Å². The molecule has 0 aliphatic carbocycles. The fourth-order valence-electron chi connectivity index (χ4n) is 6.56. The van der Waals surface area contributed by atoms with Crippen molar-refractivity contribution in [2.24, 2.45) is 0 Å². The maximum Gasteiger partial charge on any atom is 0.254 e. The molecule has 3 N–H and O–H groups in total. The molecule has 3 saturated heterocycles. The van der Waals surface area contributed by atoms with Crippen molar-refractivity contribution in [2.45, 2.75) is 76.1 Å². The monoisotopic (exact) mass is 601 g/mol. The number of nitrogens with zero attached hydrogens (tertiary/aromatic N) is 3. The molecule has 3 fully saturated rings. The largest absolute Gasteiger partial charge is 0.389 e. The number of aliphatic hydroxyl groups excluding tert-OH is 1. The van der Waals surface area contributed by atoms with Crippen molar-refractivity contribution in [2.75, 3.05) is 24.5 Å². The number of anilines is 1. The average molecular weight is 602 g/mol. The molecule has 2 aromatic carbocycles. The standard InChI is InChI=1S/C33H39N5O4S/c1-21-20-43-32(35-21)28-11-6-15-38(28)33(42)24-17-23(18-25(19-24)37-14-7-12-29(37)39)31(41)36-27(16-22-8-3-2-4-9-22)30(40)26-10-5-13-34-26/h2-4,8-9,17-20,26-28,30,34,40H,5-7,10-16H2,1H3,(H,36,41)/t26?,27-,28?,30+/m0/s1. The summed E-state index contributed by atoms with van der Waals surface area (Å²) in [6, 6.07) is 14.1. The van der Waals surface area contributed by atoms with Crippen molar-refractivity contribution < 1.29 is 19.5 Å². The third kappa shape index (κ3) is 6.51. The van der Waals surface area contributed by atoms with E-state index in [2.05, 4.69) is 15.6 Å². The molecule has 0 spiro atoms. The first kappa shape index (κ1) is 29.5. The van der Waals surface area contributed by atoms with Crippen LogP contribution in [0.3, 0.4) is 0 Å². The molecule has 2 unspecified atom stereocenters. The fourth-order valence-corrected chi connectivity index (χ4v) is 7.50. The van der Waals surface area contributed by atoms with Gasteiger partial charge in [-0.3, -0.25) is 14.4 Å². The predicted molar refractivity (Wildman–Crippen MR) is 166 cm³/mol. The minimum absolute atomic E-state index is 0.0158. The number of aliphatic hydroxyl groups is 1. The third-order valence-electron chi connectivity index (χ3n) is 8.79. The van der Waals surface area contributed by atoms with Gasteiger partial charge in [0.2, 0.25) is 5.91 Å². The highest BCUT2D eigenvalue weighted by atomic mass is 32.1. The number of carbonyl (C=O) groups is 3. The average Bonchev–Trinajstić information content (AvgIpc) is 3.84. The van der Waals surface area contributed by atoms with Crippen LogP contribution in [0.2, 0.25) is 0 Å². The van der Waals surface area contributed by atoms with E-state index in [1.165, 1.54) is 0 Å². The van der Waals surface area contributed by atoms with Crippen LogP contribution < -0.4 is 15.5 Å². The van der Waals surface area contributed by atoms with Crippen molar-refractivity contribution in [3.8, 4) is 0 Å². The Labute approximate surface area is 256 Å². The summed E-state index contributed by atoms with van der Waals surface area (Å²) in [4.78, 5) is 48.8. The molecule has 6 rings (SSSR count). The molecule has 3 aromatic rings. The number of hydrogen-bond acceptors (Lipinski definition) is 7. The van der Waals surface area contributed by atoms with Gasteiger partial charge in [-0.1, -0.05) is 30.3 Å². The van der Waals surface area contributed by atoms with Gasteiger partial charge in [0.1, 0.15) is 5.01 Å². The van der Waals surface area contributed by atoms with Crippen LogP contribution in [-0.2, 0) is 11.2 Å². The van der Waals surface area contributed by atoms with Gasteiger partial charge in [0.25, 0.3) is 11.8 Å². The summed E-state index contributed by atoms with van der Waals surface area (Å²) < 4.78 is 0. The van der Waals surface area contributed by atoms with Gasteiger partial charge in [0, 0.05) is 53.4 Å². The summed E-state index contributed by atoms with van der Waals surface area (Å²) in [5, 5.41) is 20.7. The Morgan fingerprint density at radius 3 is 2.60 bits per heavy atom. The van der Waals surface area contributed by atoms with Crippen molar-refractivity contribution in [3.05, 3.63) is 81.3 Å². The lowest BCUT2D eigenvalue weighted by molar-refractivity contribution is -0.117. The number of carbonyl (C=O) groups excluding carboxylic acids is 3. The smallest absolute Gasteiger partial charge is 0.254 e. The highest BCUT2D eigenvalue weighted by Gasteiger charge is 2.35. The van der Waals surface area contributed by atoms with Crippen LogP contribution in [0, 0.1) is 6.92 Å². The maximum atomic E-state index is 14.0. The summed E-state index contributed by atoms with van der Waals surface area (Å²) in [7, 11) is 0. The van der Waals surface area contributed by atoms with E-state index in [-0.39, 0.29) is 29.8 Å². The second-order valence-electron chi connectivity index (χ2n) is 11.9. The molecule has 10 heteroatoms. The molecule has 0 saturated carbocycles. The molecule has 4 heterocycles. The Bertz CT molecular complexity index is 1470. The number of aromatic nitrogens is 1. The minimum Gasteiger partial charge on any atom is -0.389 e. The molecule has 3 aliphatic rings. The van der Waals surface area contributed by atoms with E-state index >= 15 is 0 Å². The van der Waals surface area contributed by atoms with Gasteiger partial charge in [-0.2, -0.15) is 0 Å². The summed E-state index contributed by atoms with van der Waals surface area (Å²) >= 11 is 1.56. The summed E-state index contributed by atoms with van der Waals surface area (Å²) in [6.45, 7) is 3.94. The fraction of sp³-hybridized carbons (Fsp3) is 0.455. The van der Waals surface area contributed by atoms with Gasteiger partial charge in [0.05, 0.1) is 18.2 Å². The van der Waals surface area contributed by atoms with Crippen LogP contribution in [0.1, 0.15) is 81.5 Å². The topological polar surface area (TPSA) is 115 Å². The van der Waals surface area contributed by atoms with Gasteiger partial charge in [0.15, 0.2) is 0 Å². The van der Waals surface area contributed by atoms with Crippen LogP contribution in [0.15, 0.2) is 53.9 Å². The zero-order valence-corrected chi connectivity index (χ0v) is 25.3. The molecule has 3 aliphatic heterocycles. The molecule has 0 radical (unpaired) electrons. The van der Waals surface area contributed by atoms with E-state index in [1.807, 2.05) is 47.5 Å². The number of nitrogens with one attached hydrogen (secondary N) is 2. The Kier molecular flexibility index (Phi) is 8.88. The summed E-state index contributed by atoms with van der Waals surface area (Å²) in [5.41, 5.74) is 3.17. The molecule has 4 atom stereocenters. The lowest BCUT2D eigenvalue weighted by Crippen LogP contribution is -2.52. The second-order valence-corrected chi connectivity index (χ2v) is 12.8. The number of rotatable bonds is 9. The van der Waals surface area contributed by atoms with Crippen molar-refractivity contribution in [1.82, 2.24) is 20.5 Å². The Balaban J connectivity index is 1.30. The van der Waals surface area contributed by atoms with Crippen LogP contribution in [0.5, 0.6) is 0 Å². The first-order valence-corrected chi connectivity index (χ1v) is 16.2. The van der Waals surface area contributed by atoms with E-state index in [0.29, 0.717) is 42.7 Å². The summed E-state index contributed by atoms with van der Waals surface area (Å²) in [6.07, 6.45) is 4.37. The number of thiazole rings is 1. The Morgan fingerprint density at radius 2 is 1.91 bits per heavy atom. The molecule has 3 amide bonds. The lowest BCUT2D eigenvalue weighted by Gasteiger charge is -2.29. The molecule has 226 valence electrons. The van der Waals surface area contributed by atoms with Gasteiger partial charge in [-0.25, -0.2) is 4.98 Å². The van der Waals surface area contributed by atoms with Gasteiger partial charge < -0.3 is 25.5 Å². The number of likely N-dealkylation sites (tertiary alicyclic amines) is 1. The number of aryl methyl sites for hydroxylation is 1. The minimum atomic E-state index is -0.789. The highest BCUT2D eigenvalue weighted by molar-refractivity contribution is 7.09. The predicted octanol–water partition coefficient (Wildman–Crippen LogP) is 4.01. The molecular formula is C33H39N5O4S. The van der Waals surface area contributed by atoms with Gasteiger partial charge in [-0.15, -0.1) is 11.3 Å². The van der Waals surface area contributed by atoms with Crippen molar-refractivity contribution >= 4 is 34.7 Å². The van der Waals surface area contributed by atoms with Crippen LogP contribution in [0.4, 0.5) is 5.69 Å². The first-order valence-electron chi connectivity index (χ1n) is 15.3. The zero-order valence-electron chi connectivity index (χ0n) is 24.5. The normalized spacial score (nSPS) is 21.8. The quantitative estimate of drug-likeness (QED) is 0.342. The first-order chi connectivity index (χ1) is 20.9. The summed E-state index contributed by atoms with van der Waals surface area (Å²) in [5.74, 6) is -0.569. The molecule has 1 aromatic heterocycles. The van der Waals surface area contributed by atoms with Crippen molar-refractivity contribution in [1.29, 1.82) is 0 Å². The molecule has 9 nitrogen and oxygen atoms in total. The molecular weight excluding hydrogens is 562 g/mol. The molecule has 43 heavy (non-hydrogen) atoms. The Morgan fingerprint density at radius 1 is 1.09 bits per heavy atom. The van der Waals surface area contributed by atoms with E-state index in [0.717, 1.165) is 54.9 Å². The van der Waals surface area contributed by atoms with Gasteiger partial charge >= 0.3 is 0 Å². The van der Waals surface area contributed by atoms with Crippen molar-refractivity contribution in [3.63, 3.8) is 0 Å². The lowest BCUT2D eigenvalue weighted by atomic mass is 9.95.